The molecule has 0 radical (unpaired) electrons. The number of aromatic nitrogens is 2. The Morgan fingerprint density at radius 1 is 1.42 bits per heavy atom. The van der Waals surface area contributed by atoms with E-state index in [2.05, 4.69) is 21.4 Å². The number of rotatable bonds is 6. The van der Waals surface area contributed by atoms with E-state index in [0.717, 1.165) is 34.1 Å². The summed E-state index contributed by atoms with van der Waals surface area (Å²) in [6.45, 7) is 0.510. The van der Waals surface area contributed by atoms with Gasteiger partial charge >= 0.3 is 0 Å². The first kappa shape index (κ1) is 17.6. The van der Waals surface area contributed by atoms with E-state index in [4.69, 9.17) is 16.3 Å². The second kappa shape index (κ2) is 7.45. The van der Waals surface area contributed by atoms with Crippen LogP contribution in [0.25, 0.3) is 11.3 Å². The van der Waals surface area contributed by atoms with E-state index in [0.29, 0.717) is 23.9 Å². The minimum Gasteiger partial charge on any atom is -0.486 e. The normalized spacial score (nSPS) is 18.3. The first-order chi connectivity index (χ1) is 12.6. The highest BCUT2D eigenvalue weighted by atomic mass is 35.5. The topological polar surface area (TPSA) is 64.1 Å². The SMILES string of the molecule is CSc1nccc(-c2cc(Cl)c3c(c2)C[C@H](CNC(=O)CC2CC2)O3)n1. The van der Waals surface area contributed by atoms with Gasteiger partial charge in [-0.05, 0) is 43.2 Å². The standard InChI is InChI=1S/C19H20ClN3O2S/c1-26-19-21-5-4-16(23-19)12-7-13-8-14(25-18(13)15(20)9-12)10-22-17(24)6-11-2-3-11/h4-5,7,9,11,14H,2-3,6,8,10H2,1H3,(H,22,24)/t14-/m1/s1. The van der Waals surface area contributed by atoms with Gasteiger partial charge in [-0.2, -0.15) is 0 Å². The molecule has 2 heterocycles. The number of thioether (sulfide) groups is 1. The van der Waals surface area contributed by atoms with E-state index in [1.54, 1.807) is 6.20 Å². The summed E-state index contributed by atoms with van der Waals surface area (Å²) in [6.07, 6.45) is 7.35. The summed E-state index contributed by atoms with van der Waals surface area (Å²) in [7, 11) is 0. The second-order valence-electron chi connectivity index (χ2n) is 6.77. The molecule has 1 aromatic carbocycles. The van der Waals surface area contributed by atoms with Crippen molar-refractivity contribution >= 4 is 29.3 Å². The number of hydrogen-bond acceptors (Lipinski definition) is 5. The van der Waals surface area contributed by atoms with Crippen molar-refractivity contribution in [2.24, 2.45) is 5.92 Å². The highest BCUT2D eigenvalue weighted by molar-refractivity contribution is 7.98. The Kier molecular flexibility index (Phi) is 5.05. The lowest BCUT2D eigenvalue weighted by molar-refractivity contribution is -0.121. The molecule has 0 bridgehead atoms. The largest absolute Gasteiger partial charge is 0.486 e. The lowest BCUT2D eigenvalue weighted by Crippen LogP contribution is -2.34. The first-order valence-electron chi connectivity index (χ1n) is 8.75. The van der Waals surface area contributed by atoms with Crippen LogP contribution in [0.4, 0.5) is 0 Å². The lowest BCUT2D eigenvalue weighted by atomic mass is 10.0. The number of ether oxygens (including phenoxy) is 1. The van der Waals surface area contributed by atoms with Gasteiger partial charge in [0.25, 0.3) is 0 Å². The Hall–Kier alpha value is -1.79. The van der Waals surface area contributed by atoms with Gasteiger partial charge in [0.1, 0.15) is 11.9 Å². The van der Waals surface area contributed by atoms with Crippen LogP contribution >= 0.6 is 23.4 Å². The minimum absolute atomic E-state index is 0.0759. The quantitative estimate of drug-likeness (QED) is 0.602. The summed E-state index contributed by atoms with van der Waals surface area (Å²) < 4.78 is 5.96. The zero-order chi connectivity index (χ0) is 18.1. The maximum absolute atomic E-state index is 11.9. The van der Waals surface area contributed by atoms with Gasteiger partial charge in [-0.15, -0.1) is 0 Å². The number of carbonyl (C=O) groups is 1. The van der Waals surface area contributed by atoms with Gasteiger partial charge < -0.3 is 10.1 Å². The molecule has 2 aromatic rings. The Balaban J connectivity index is 1.45. The molecule has 2 aliphatic rings. The number of nitrogens with one attached hydrogen (secondary N) is 1. The van der Waals surface area contributed by atoms with Crippen molar-refractivity contribution in [3.8, 4) is 17.0 Å². The summed E-state index contributed by atoms with van der Waals surface area (Å²) in [5, 5.41) is 4.29. The van der Waals surface area contributed by atoms with Crippen molar-refractivity contribution in [1.82, 2.24) is 15.3 Å². The van der Waals surface area contributed by atoms with Gasteiger partial charge in [0.05, 0.1) is 17.3 Å². The van der Waals surface area contributed by atoms with Gasteiger partial charge in [-0.1, -0.05) is 23.4 Å². The summed E-state index contributed by atoms with van der Waals surface area (Å²) in [5.41, 5.74) is 2.85. The summed E-state index contributed by atoms with van der Waals surface area (Å²) in [6, 6.07) is 5.82. The van der Waals surface area contributed by atoms with Crippen LogP contribution in [0.2, 0.25) is 5.02 Å². The molecule has 1 aromatic heterocycles. The van der Waals surface area contributed by atoms with Crippen molar-refractivity contribution in [1.29, 1.82) is 0 Å². The Labute approximate surface area is 161 Å². The predicted molar refractivity (Wildman–Crippen MR) is 103 cm³/mol. The Morgan fingerprint density at radius 2 is 2.27 bits per heavy atom. The van der Waals surface area contributed by atoms with E-state index in [1.807, 2.05) is 18.4 Å². The summed E-state index contributed by atoms with van der Waals surface area (Å²) in [5.74, 6) is 1.42. The van der Waals surface area contributed by atoms with Crippen LogP contribution in [0.1, 0.15) is 24.8 Å². The number of carbonyl (C=O) groups excluding carboxylic acids is 1. The number of benzene rings is 1. The zero-order valence-corrected chi connectivity index (χ0v) is 16.1. The molecule has 4 rings (SSSR count). The molecule has 0 unspecified atom stereocenters. The molecule has 1 N–H and O–H groups in total. The first-order valence-corrected chi connectivity index (χ1v) is 10.4. The average molecular weight is 390 g/mol. The molecule has 7 heteroatoms. The third kappa shape index (κ3) is 3.96. The maximum Gasteiger partial charge on any atom is 0.220 e. The fraction of sp³-hybridized carbons (Fsp3) is 0.421. The molecule has 1 aliphatic heterocycles. The van der Waals surface area contributed by atoms with E-state index >= 15 is 0 Å². The van der Waals surface area contributed by atoms with E-state index < -0.39 is 0 Å². The van der Waals surface area contributed by atoms with E-state index in [9.17, 15) is 4.79 Å². The van der Waals surface area contributed by atoms with Gasteiger partial charge in [0, 0.05) is 30.2 Å². The Morgan fingerprint density at radius 3 is 3.04 bits per heavy atom. The number of fused-ring (bicyclic) bond motifs is 1. The minimum atomic E-state index is -0.0759. The van der Waals surface area contributed by atoms with Crippen LogP contribution in [-0.4, -0.2) is 34.8 Å². The highest BCUT2D eigenvalue weighted by Crippen LogP contribution is 2.39. The third-order valence-electron chi connectivity index (χ3n) is 4.66. The van der Waals surface area contributed by atoms with Crippen LogP contribution in [0.15, 0.2) is 29.6 Å². The fourth-order valence-electron chi connectivity index (χ4n) is 3.13. The van der Waals surface area contributed by atoms with E-state index in [-0.39, 0.29) is 12.0 Å². The monoisotopic (exact) mass is 389 g/mol. The smallest absolute Gasteiger partial charge is 0.220 e. The van der Waals surface area contributed by atoms with Crippen LogP contribution in [0.3, 0.4) is 0 Å². The number of halogens is 1. The average Bonchev–Trinajstić information content (AvgIpc) is 3.35. The molecule has 0 spiro atoms. The predicted octanol–water partition coefficient (Wildman–Crippen LogP) is 3.74. The molecule has 136 valence electrons. The summed E-state index contributed by atoms with van der Waals surface area (Å²) in [4.78, 5) is 20.6. The zero-order valence-electron chi connectivity index (χ0n) is 14.5. The Bertz CT molecular complexity index is 842. The maximum atomic E-state index is 11.9. The van der Waals surface area contributed by atoms with Crippen molar-refractivity contribution in [3.63, 3.8) is 0 Å². The highest BCUT2D eigenvalue weighted by Gasteiger charge is 2.28. The molecule has 0 saturated heterocycles. The van der Waals surface area contributed by atoms with Crippen LogP contribution in [0, 0.1) is 5.92 Å². The van der Waals surface area contributed by atoms with Gasteiger partial charge in [0.15, 0.2) is 5.16 Å². The van der Waals surface area contributed by atoms with Crippen molar-refractivity contribution < 1.29 is 9.53 Å². The third-order valence-corrected chi connectivity index (χ3v) is 5.50. The molecule has 1 amide bonds. The molecule has 1 atom stereocenters. The van der Waals surface area contributed by atoms with Crippen molar-refractivity contribution in [2.45, 2.75) is 36.9 Å². The molecule has 26 heavy (non-hydrogen) atoms. The van der Waals surface area contributed by atoms with E-state index in [1.165, 1.54) is 24.6 Å². The fourth-order valence-corrected chi connectivity index (χ4v) is 3.77. The summed E-state index contributed by atoms with van der Waals surface area (Å²) >= 11 is 7.95. The van der Waals surface area contributed by atoms with Gasteiger partial charge in [-0.25, -0.2) is 9.97 Å². The molecule has 1 fully saturated rings. The molecule has 1 aliphatic carbocycles. The van der Waals surface area contributed by atoms with Gasteiger partial charge in [0.2, 0.25) is 5.91 Å². The molecular weight excluding hydrogens is 370 g/mol. The van der Waals surface area contributed by atoms with Gasteiger partial charge in [-0.3, -0.25) is 4.79 Å². The van der Waals surface area contributed by atoms with Crippen LogP contribution in [0.5, 0.6) is 5.75 Å². The van der Waals surface area contributed by atoms with Crippen LogP contribution < -0.4 is 10.1 Å². The van der Waals surface area contributed by atoms with Crippen LogP contribution in [-0.2, 0) is 11.2 Å². The second-order valence-corrected chi connectivity index (χ2v) is 7.95. The number of amides is 1. The van der Waals surface area contributed by atoms with Crippen molar-refractivity contribution in [2.75, 3.05) is 12.8 Å². The molecule has 5 nitrogen and oxygen atoms in total. The number of nitrogens with zero attached hydrogens (tertiary/aromatic N) is 2. The lowest BCUT2D eigenvalue weighted by Gasteiger charge is -2.12. The van der Waals surface area contributed by atoms with Crippen molar-refractivity contribution in [3.05, 3.63) is 35.0 Å². The molecule has 1 saturated carbocycles. The molecular formula is C19H20ClN3O2S. The number of hydrogen-bond donors (Lipinski definition) is 1.